The van der Waals surface area contributed by atoms with Gasteiger partial charge in [0.15, 0.2) is 0 Å². The second-order valence-electron chi connectivity index (χ2n) is 4.18. The van der Waals surface area contributed by atoms with Gasteiger partial charge in [0.05, 0.1) is 0 Å². The zero-order chi connectivity index (χ0) is 12.6. The van der Waals surface area contributed by atoms with Crippen LogP contribution in [0.4, 0.5) is 0 Å². The minimum atomic E-state index is -0.957. The van der Waals surface area contributed by atoms with E-state index in [4.69, 9.17) is 5.11 Å². The first kappa shape index (κ1) is 14.9. The average molecular weight is 229 g/mol. The first-order valence-corrected chi connectivity index (χ1v) is 5.99. The molecule has 16 heavy (non-hydrogen) atoms. The summed E-state index contributed by atoms with van der Waals surface area (Å²) in [5.74, 6) is -1.03. The summed E-state index contributed by atoms with van der Waals surface area (Å²) in [5, 5.41) is 8.75. The number of hydrogen-bond donors (Lipinski definition) is 1. The minimum Gasteiger partial charge on any atom is -0.480 e. The van der Waals surface area contributed by atoms with E-state index >= 15 is 0 Å². The lowest BCUT2D eigenvalue weighted by Crippen LogP contribution is -2.40. The van der Waals surface area contributed by atoms with Crippen molar-refractivity contribution in [2.24, 2.45) is 0 Å². The van der Waals surface area contributed by atoms with Crippen LogP contribution in [0, 0.1) is 0 Å². The average Bonchev–Trinajstić information content (AvgIpc) is 2.26. The lowest BCUT2D eigenvalue weighted by atomic mass is 10.1. The molecule has 4 nitrogen and oxygen atoms in total. The monoisotopic (exact) mass is 229 g/mol. The van der Waals surface area contributed by atoms with Gasteiger partial charge in [0.1, 0.15) is 6.04 Å². The fourth-order valence-corrected chi connectivity index (χ4v) is 1.44. The van der Waals surface area contributed by atoms with Crippen LogP contribution >= 0.6 is 0 Å². The molecule has 94 valence electrons. The number of carboxylic acid groups (broad SMARTS) is 1. The Morgan fingerprint density at radius 2 is 1.75 bits per heavy atom. The zero-order valence-electron chi connectivity index (χ0n) is 10.5. The Labute approximate surface area is 97.6 Å². The fraction of sp³-hybridized carbons (Fsp3) is 0.833. The molecule has 0 heterocycles. The van der Waals surface area contributed by atoms with Gasteiger partial charge in [-0.3, -0.25) is 4.79 Å². The van der Waals surface area contributed by atoms with Crippen molar-refractivity contribution in [2.45, 2.75) is 58.4 Å². The van der Waals surface area contributed by atoms with Crippen LogP contribution in [0.15, 0.2) is 0 Å². The van der Waals surface area contributed by atoms with Crippen LogP contribution in [0.3, 0.4) is 0 Å². The number of unbranched alkanes of at least 4 members (excludes halogenated alkanes) is 4. The van der Waals surface area contributed by atoms with Crippen molar-refractivity contribution in [2.75, 3.05) is 7.05 Å². The molecule has 0 bridgehead atoms. The summed E-state index contributed by atoms with van der Waals surface area (Å²) in [5.41, 5.74) is 0. The first-order chi connectivity index (χ1) is 7.50. The summed E-state index contributed by atoms with van der Waals surface area (Å²) >= 11 is 0. The number of hydrogen-bond acceptors (Lipinski definition) is 2. The third kappa shape index (κ3) is 5.73. The highest BCUT2D eigenvalue weighted by atomic mass is 16.4. The summed E-state index contributed by atoms with van der Waals surface area (Å²) in [6.07, 6.45) is 5.91. The Kier molecular flexibility index (Phi) is 7.60. The molecule has 0 aliphatic rings. The number of carboxylic acids is 1. The second kappa shape index (κ2) is 8.13. The van der Waals surface area contributed by atoms with Crippen LogP contribution in [0.2, 0.25) is 0 Å². The number of nitrogens with zero attached hydrogens (tertiary/aromatic N) is 1. The largest absolute Gasteiger partial charge is 0.480 e. The maximum atomic E-state index is 11.6. The van der Waals surface area contributed by atoms with E-state index in [9.17, 15) is 9.59 Å². The fourth-order valence-electron chi connectivity index (χ4n) is 1.44. The molecule has 0 unspecified atom stereocenters. The molecule has 1 amide bonds. The standard InChI is InChI=1S/C12H23NO3/c1-4-5-6-7-8-9-11(14)13(3)10(2)12(15)16/h10H,4-9H2,1-3H3,(H,15,16)/t10-/m0/s1. The van der Waals surface area contributed by atoms with Gasteiger partial charge in [0, 0.05) is 13.5 Å². The Hall–Kier alpha value is -1.06. The highest BCUT2D eigenvalue weighted by molar-refractivity contribution is 5.83. The molecule has 0 saturated carbocycles. The van der Waals surface area contributed by atoms with Crippen LogP contribution in [-0.4, -0.2) is 35.0 Å². The van der Waals surface area contributed by atoms with Crippen molar-refractivity contribution in [1.29, 1.82) is 0 Å². The van der Waals surface area contributed by atoms with E-state index in [1.807, 2.05) is 0 Å². The van der Waals surface area contributed by atoms with Gasteiger partial charge in [-0.1, -0.05) is 32.6 Å². The molecule has 0 radical (unpaired) electrons. The molecule has 0 rings (SSSR count). The quantitative estimate of drug-likeness (QED) is 0.650. The van der Waals surface area contributed by atoms with Crippen molar-refractivity contribution >= 4 is 11.9 Å². The summed E-state index contributed by atoms with van der Waals surface area (Å²) in [7, 11) is 1.55. The summed E-state index contributed by atoms with van der Waals surface area (Å²) in [6, 6.07) is -0.733. The van der Waals surface area contributed by atoms with Crippen molar-refractivity contribution in [3.05, 3.63) is 0 Å². The van der Waals surface area contributed by atoms with Crippen molar-refractivity contribution < 1.29 is 14.7 Å². The predicted octanol–water partition coefficient (Wildman–Crippen LogP) is 2.28. The number of aliphatic carboxylic acids is 1. The molecule has 1 N–H and O–H groups in total. The molecule has 0 spiro atoms. The number of carbonyl (C=O) groups is 2. The van der Waals surface area contributed by atoms with Gasteiger partial charge >= 0.3 is 5.97 Å². The molecule has 0 saturated heterocycles. The molecule has 4 heteroatoms. The lowest BCUT2D eigenvalue weighted by molar-refractivity contribution is -0.148. The zero-order valence-corrected chi connectivity index (χ0v) is 10.5. The molecule has 0 aliphatic carbocycles. The van der Waals surface area contributed by atoms with E-state index in [-0.39, 0.29) is 5.91 Å². The molecule has 0 aromatic carbocycles. The second-order valence-corrected chi connectivity index (χ2v) is 4.18. The van der Waals surface area contributed by atoms with Crippen LogP contribution in [0.5, 0.6) is 0 Å². The van der Waals surface area contributed by atoms with E-state index in [2.05, 4.69) is 6.92 Å². The molecule has 0 aliphatic heterocycles. The molecular weight excluding hydrogens is 206 g/mol. The Balaban J connectivity index is 3.75. The van der Waals surface area contributed by atoms with Crippen LogP contribution < -0.4 is 0 Å². The van der Waals surface area contributed by atoms with E-state index in [0.29, 0.717) is 6.42 Å². The van der Waals surface area contributed by atoms with Gasteiger partial charge < -0.3 is 10.0 Å². The smallest absolute Gasteiger partial charge is 0.326 e. The van der Waals surface area contributed by atoms with Crippen molar-refractivity contribution in [3.8, 4) is 0 Å². The Morgan fingerprint density at radius 1 is 1.19 bits per heavy atom. The topological polar surface area (TPSA) is 57.6 Å². The third-order valence-electron chi connectivity index (χ3n) is 2.83. The van der Waals surface area contributed by atoms with Crippen LogP contribution in [-0.2, 0) is 9.59 Å². The van der Waals surface area contributed by atoms with E-state index in [1.54, 1.807) is 7.05 Å². The SMILES string of the molecule is CCCCCCCC(=O)N(C)[C@@H](C)C(=O)O. The highest BCUT2D eigenvalue weighted by Crippen LogP contribution is 2.07. The molecule has 1 atom stereocenters. The molecule has 0 aromatic rings. The maximum absolute atomic E-state index is 11.6. The van der Waals surface area contributed by atoms with Gasteiger partial charge in [0.2, 0.25) is 5.91 Å². The summed E-state index contributed by atoms with van der Waals surface area (Å²) in [6.45, 7) is 3.67. The van der Waals surface area contributed by atoms with Crippen LogP contribution in [0.25, 0.3) is 0 Å². The molecule has 0 aromatic heterocycles. The number of likely N-dealkylation sites (N-methyl/N-ethyl adjacent to an activating group) is 1. The molecule has 0 fully saturated rings. The number of rotatable bonds is 8. The summed E-state index contributed by atoms with van der Waals surface area (Å²) in [4.78, 5) is 23.6. The minimum absolute atomic E-state index is 0.0774. The van der Waals surface area contributed by atoms with Crippen LogP contribution in [0.1, 0.15) is 52.4 Å². The number of amides is 1. The van der Waals surface area contributed by atoms with Crippen molar-refractivity contribution in [1.82, 2.24) is 4.90 Å². The van der Waals surface area contributed by atoms with Gasteiger partial charge in [-0.15, -0.1) is 0 Å². The van der Waals surface area contributed by atoms with Gasteiger partial charge in [-0.2, -0.15) is 0 Å². The molecular formula is C12H23NO3. The van der Waals surface area contributed by atoms with Gasteiger partial charge in [-0.25, -0.2) is 4.79 Å². The van der Waals surface area contributed by atoms with E-state index < -0.39 is 12.0 Å². The highest BCUT2D eigenvalue weighted by Gasteiger charge is 2.20. The number of carbonyl (C=O) groups excluding carboxylic acids is 1. The van der Waals surface area contributed by atoms with Gasteiger partial charge in [0.25, 0.3) is 0 Å². The van der Waals surface area contributed by atoms with Crippen molar-refractivity contribution in [3.63, 3.8) is 0 Å². The lowest BCUT2D eigenvalue weighted by Gasteiger charge is -2.21. The van der Waals surface area contributed by atoms with E-state index in [0.717, 1.165) is 19.3 Å². The normalized spacial score (nSPS) is 12.2. The third-order valence-corrected chi connectivity index (χ3v) is 2.83. The summed E-state index contributed by atoms with van der Waals surface area (Å²) < 4.78 is 0. The maximum Gasteiger partial charge on any atom is 0.326 e. The predicted molar refractivity (Wildman–Crippen MR) is 63.2 cm³/mol. The Morgan fingerprint density at radius 3 is 2.25 bits per heavy atom. The first-order valence-electron chi connectivity index (χ1n) is 5.99. The Bertz CT molecular complexity index is 228. The van der Waals surface area contributed by atoms with E-state index in [1.165, 1.54) is 24.7 Å². The van der Waals surface area contributed by atoms with Gasteiger partial charge in [-0.05, 0) is 13.3 Å².